The maximum absolute atomic E-state index is 12.6. The van der Waals surface area contributed by atoms with Crippen molar-refractivity contribution in [3.8, 4) is 11.8 Å². The first-order chi connectivity index (χ1) is 10.0. The van der Waals surface area contributed by atoms with E-state index in [0.29, 0.717) is 31.7 Å². The molecule has 1 aliphatic heterocycles. The van der Waals surface area contributed by atoms with Crippen LogP contribution in [0.5, 0.6) is 0 Å². The third-order valence-electron chi connectivity index (χ3n) is 3.08. The summed E-state index contributed by atoms with van der Waals surface area (Å²) >= 11 is 0. The summed E-state index contributed by atoms with van der Waals surface area (Å²) in [6.45, 7) is 2.90. The van der Waals surface area contributed by atoms with Gasteiger partial charge in [-0.15, -0.1) is 0 Å². The van der Waals surface area contributed by atoms with Crippen LogP contribution in [0.1, 0.15) is 18.9 Å². The van der Waals surface area contributed by atoms with Crippen LogP contribution in [0.25, 0.3) is 0 Å². The fourth-order valence-corrected chi connectivity index (χ4v) is 3.64. The second kappa shape index (κ2) is 7.00. The van der Waals surface area contributed by atoms with Crippen LogP contribution < -0.4 is 0 Å². The van der Waals surface area contributed by atoms with Crippen molar-refractivity contribution >= 4 is 10.0 Å². The largest absolute Gasteiger partial charge is 0.384 e. The fraction of sp³-hybridized carbons (Fsp3) is 0.500. The molecule has 1 aliphatic rings. The predicted molar refractivity (Wildman–Crippen MR) is 77.0 cm³/mol. The molecule has 1 unspecified atom stereocenters. The van der Waals surface area contributed by atoms with E-state index >= 15 is 0 Å². The van der Waals surface area contributed by atoms with Gasteiger partial charge in [0, 0.05) is 37.7 Å². The molecule has 0 saturated carbocycles. The standard InChI is InChI=1S/C14H18N2O4S/c1-12-11-16(5-3-7-20-12)21(18,19)14-8-13(4-2-6-17)9-15-10-14/h8-10,12,17H,3,5-7,11H2,1H3. The van der Waals surface area contributed by atoms with Crippen molar-refractivity contribution in [3.05, 3.63) is 24.0 Å². The van der Waals surface area contributed by atoms with E-state index in [-0.39, 0.29) is 17.6 Å². The molecule has 0 spiro atoms. The van der Waals surface area contributed by atoms with Crippen molar-refractivity contribution in [1.29, 1.82) is 0 Å². The van der Waals surface area contributed by atoms with E-state index in [9.17, 15) is 8.42 Å². The Morgan fingerprint density at radius 1 is 1.52 bits per heavy atom. The summed E-state index contributed by atoms with van der Waals surface area (Å²) < 4.78 is 32.2. The smallest absolute Gasteiger partial charge is 0.244 e. The Morgan fingerprint density at radius 2 is 2.33 bits per heavy atom. The van der Waals surface area contributed by atoms with E-state index in [4.69, 9.17) is 9.84 Å². The van der Waals surface area contributed by atoms with Crippen LogP contribution in [0, 0.1) is 11.8 Å². The van der Waals surface area contributed by atoms with Gasteiger partial charge in [-0.2, -0.15) is 4.31 Å². The Kier molecular flexibility index (Phi) is 5.31. The molecule has 0 bridgehead atoms. The molecule has 6 nitrogen and oxygen atoms in total. The van der Waals surface area contributed by atoms with Crippen molar-refractivity contribution in [1.82, 2.24) is 9.29 Å². The number of aliphatic hydroxyl groups excluding tert-OH is 1. The van der Waals surface area contributed by atoms with Crippen molar-refractivity contribution < 1.29 is 18.3 Å². The highest BCUT2D eigenvalue weighted by molar-refractivity contribution is 7.89. The quantitative estimate of drug-likeness (QED) is 0.791. The summed E-state index contributed by atoms with van der Waals surface area (Å²) in [6.07, 6.45) is 3.32. The normalized spacial score (nSPS) is 20.4. The molecule has 0 radical (unpaired) electrons. The average Bonchev–Trinajstić information content (AvgIpc) is 2.70. The van der Waals surface area contributed by atoms with E-state index in [1.54, 1.807) is 0 Å². The Balaban J connectivity index is 2.30. The number of aliphatic hydroxyl groups is 1. The van der Waals surface area contributed by atoms with Gasteiger partial charge < -0.3 is 9.84 Å². The maximum Gasteiger partial charge on any atom is 0.244 e. The summed E-state index contributed by atoms with van der Waals surface area (Å²) in [5, 5.41) is 8.69. The molecular weight excluding hydrogens is 292 g/mol. The zero-order valence-corrected chi connectivity index (χ0v) is 12.6. The Hall–Kier alpha value is -1.46. The number of ether oxygens (including phenoxy) is 1. The lowest BCUT2D eigenvalue weighted by atomic mass is 10.3. The second-order valence-electron chi connectivity index (χ2n) is 4.77. The molecule has 1 N–H and O–H groups in total. The molecular formula is C14H18N2O4S. The minimum absolute atomic E-state index is 0.112. The van der Waals surface area contributed by atoms with E-state index in [1.165, 1.54) is 22.8 Å². The number of hydrogen-bond donors (Lipinski definition) is 1. The lowest BCUT2D eigenvalue weighted by Gasteiger charge is -2.21. The molecule has 2 heterocycles. The highest BCUT2D eigenvalue weighted by atomic mass is 32.2. The summed E-state index contributed by atoms with van der Waals surface area (Å²) in [5.41, 5.74) is 0.462. The second-order valence-corrected chi connectivity index (χ2v) is 6.71. The van der Waals surface area contributed by atoms with Crippen molar-refractivity contribution in [2.45, 2.75) is 24.3 Å². The molecule has 114 valence electrons. The number of aromatic nitrogens is 1. The molecule has 2 rings (SSSR count). The topological polar surface area (TPSA) is 79.7 Å². The Bertz CT molecular complexity index is 648. The van der Waals surface area contributed by atoms with Gasteiger partial charge in [0.25, 0.3) is 0 Å². The SMILES string of the molecule is CC1CN(S(=O)(=O)c2cncc(C#CCO)c2)CCCO1. The molecule has 0 amide bonds. The number of pyridine rings is 1. The number of hydrogen-bond acceptors (Lipinski definition) is 5. The van der Waals surface area contributed by atoms with E-state index in [2.05, 4.69) is 16.8 Å². The summed E-state index contributed by atoms with van der Waals surface area (Å²) in [7, 11) is -3.61. The molecule has 21 heavy (non-hydrogen) atoms. The van der Waals surface area contributed by atoms with Crippen LogP contribution in [-0.4, -0.2) is 55.2 Å². The molecule has 7 heteroatoms. The highest BCUT2D eigenvalue weighted by Crippen LogP contribution is 2.18. The molecule has 1 aromatic heterocycles. The number of rotatable bonds is 2. The number of sulfonamides is 1. The monoisotopic (exact) mass is 310 g/mol. The van der Waals surface area contributed by atoms with Crippen LogP contribution in [0.4, 0.5) is 0 Å². The van der Waals surface area contributed by atoms with Gasteiger partial charge in [0.05, 0.1) is 6.10 Å². The number of nitrogens with zero attached hydrogens (tertiary/aromatic N) is 2. The minimum atomic E-state index is -3.61. The summed E-state index contributed by atoms with van der Waals surface area (Å²) in [6, 6.07) is 1.47. The molecule has 0 aliphatic carbocycles. The molecule has 1 saturated heterocycles. The Labute approximate surface area is 124 Å². The average molecular weight is 310 g/mol. The minimum Gasteiger partial charge on any atom is -0.384 e. The highest BCUT2D eigenvalue weighted by Gasteiger charge is 2.28. The van der Waals surface area contributed by atoms with E-state index < -0.39 is 10.0 Å². The summed E-state index contributed by atoms with van der Waals surface area (Å²) in [5.74, 6) is 5.14. The third-order valence-corrected chi connectivity index (χ3v) is 4.91. The fourth-order valence-electron chi connectivity index (χ4n) is 2.09. The van der Waals surface area contributed by atoms with Gasteiger partial charge >= 0.3 is 0 Å². The molecule has 1 atom stereocenters. The zero-order chi connectivity index (χ0) is 15.3. The Morgan fingerprint density at radius 3 is 3.10 bits per heavy atom. The van der Waals surface area contributed by atoms with Gasteiger partial charge in [-0.05, 0) is 19.4 Å². The molecule has 1 aromatic rings. The van der Waals surface area contributed by atoms with Crippen LogP contribution in [-0.2, 0) is 14.8 Å². The third kappa shape index (κ3) is 4.02. The lowest BCUT2D eigenvalue weighted by molar-refractivity contribution is 0.0752. The van der Waals surface area contributed by atoms with Crippen LogP contribution in [0.15, 0.2) is 23.4 Å². The van der Waals surface area contributed by atoms with Crippen molar-refractivity contribution in [2.24, 2.45) is 0 Å². The predicted octanol–water partition coefficient (Wildman–Crippen LogP) is 0.225. The van der Waals surface area contributed by atoms with Gasteiger partial charge in [-0.1, -0.05) is 11.8 Å². The van der Waals surface area contributed by atoms with Gasteiger partial charge in [-0.25, -0.2) is 8.42 Å². The van der Waals surface area contributed by atoms with Gasteiger partial charge in [0.15, 0.2) is 0 Å². The van der Waals surface area contributed by atoms with Crippen LogP contribution in [0.3, 0.4) is 0 Å². The van der Waals surface area contributed by atoms with Crippen molar-refractivity contribution in [3.63, 3.8) is 0 Å². The summed E-state index contributed by atoms with van der Waals surface area (Å²) in [4.78, 5) is 4.03. The van der Waals surface area contributed by atoms with Gasteiger partial charge in [-0.3, -0.25) is 4.98 Å². The van der Waals surface area contributed by atoms with E-state index in [0.717, 1.165) is 0 Å². The zero-order valence-electron chi connectivity index (χ0n) is 11.8. The van der Waals surface area contributed by atoms with Crippen LogP contribution >= 0.6 is 0 Å². The molecule has 1 fully saturated rings. The first-order valence-electron chi connectivity index (χ1n) is 6.70. The van der Waals surface area contributed by atoms with Crippen molar-refractivity contribution in [2.75, 3.05) is 26.3 Å². The first-order valence-corrected chi connectivity index (χ1v) is 8.14. The van der Waals surface area contributed by atoms with E-state index in [1.807, 2.05) is 6.92 Å². The first kappa shape index (κ1) is 15.9. The maximum atomic E-state index is 12.6. The van der Waals surface area contributed by atoms with Gasteiger partial charge in [0.2, 0.25) is 10.0 Å². The van der Waals surface area contributed by atoms with Crippen LogP contribution in [0.2, 0.25) is 0 Å². The van der Waals surface area contributed by atoms with Gasteiger partial charge in [0.1, 0.15) is 11.5 Å². The lowest BCUT2D eigenvalue weighted by Crippen LogP contribution is -2.36. The molecule has 0 aromatic carbocycles.